The van der Waals surface area contributed by atoms with Crippen LogP contribution in [0.25, 0.3) is 16.8 Å². The monoisotopic (exact) mass is 458 g/mol. The predicted octanol–water partition coefficient (Wildman–Crippen LogP) is 5.00. The molecule has 7 heteroatoms. The molecular weight excluding hydrogens is 432 g/mol. The Balaban J connectivity index is 1.33. The van der Waals surface area contributed by atoms with Crippen molar-refractivity contribution in [2.75, 3.05) is 12.9 Å². The number of carbonyl (C=O) groups is 1. The number of nitrogens with zero attached hydrogens (tertiary/aromatic N) is 3. The highest BCUT2D eigenvalue weighted by Gasteiger charge is 2.21. The summed E-state index contributed by atoms with van der Waals surface area (Å²) in [6, 6.07) is 18.3. The summed E-state index contributed by atoms with van der Waals surface area (Å²) in [5, 5.41) is 8.70. The van der Waals surface area contributed by atoms with E-state index in [1.165, 1.54) is 22.9 Å². The standard InChI is InChI=1S/C26H26N4O2S/c1-17-14-25(30-26(28-17)22(15-27-30)19-10-12-20(32-2)13-11-19)33-16-24(31)29-23-9-5-7-18-6-3-4-8-21(18)23/h3-4,6,8,10-15,23H,5,7,9,16H2,1-2H3,(H,29,31). The van der Waals surface area contributed by atoms with Crippen LogP contribution in [-0.4, -0.2) is 33.4 Å². The fraction of sp³-hybridized carbons (Fsp3) is 0.269. The van der Waals surface area contributed by atoms with Gasteiger partial charge in [-0.3, -0.25) is 4.79 Å². The Morgan fingerprint density at radius 3 is 2.85 bits per heavy atom. The number of carbonyl (C=O) groups excluding carboxylic acids is 1. The quantitative estimate of drug-likeness (QED) is 0.325. The van der Waals surface area contributed by atoms with Gasteiger partial charge in [-0.05, 0) is 61.1 Å². The number of aryl methyl sites for hydroxylation is 2. The molecule has 33 heavy (non-hydrogen) atoms. The van der Waals surface area contributed by atoms with E-state index in [-0.39, 0.29) is 11.9 Å². The summed E-state index contributed by atoms with van der Waals surface area (Å²) in [5.41, 5.74) is 6.24. The number of nitrogens with one attached hydrogen (secondary N) is 1. The van der Waals surface area contributed by atoms with Crippen LogP contribution in [0.5, 0.6) is 5.75 Å². The molecule has 0 spiro atoms. The lowest BCUT2D eigenvalue weighted by molar-refractivity contribution is -0.119. The molecule has 1 aliphatic carbocycles. The van der Waals surface area contributed by atoms with Crippen LogP contribution in [0, 0.1) is 6.92 Å². The maximum Gasteiger partial charge on any atom is 0.230 e. The number of thioether (sulfide) groups is 1. The third-order valence-electron chi connectivity index (χ3n) is 6.02. The van der Waals surface area contributed by atoms with Crippen LogP contribution in [-0.2, 0) is 11.2 Å². The van der Waals surface area contributed by atoms with Gasteiger partial charge >= 0.3 is 0 Å². The van der Waals surface area contributed by atoms with E-state index in [4.69, 9.17) is 9.72 Å². The molecule has 1 N–H and O–H groups in total. The van der Waals surface area contributed by atoms with Crippen molar-refractivity contribution in [1.82, 2.24) is 19.9 Å². The Kier molecular flexibility index (Phi) is 6.05. The molecule has 4 aromatic rings. The Bertz CT molecular complexity index is 1300. The van der Waals surface area contributed by atoms with Gasteiger partial charge in [-0.25, -0.2) is 9.50 Å². The van der Waals surface area contributed by atoms with E-state index in [0.717, 1.165) is 52.5 Å². The summed E-state index contributed by atoms with van der Waals surface area (Å²) in [6.45, 7) is 1.97. The fourth-order valence-corrected chi connectivity index (χ4v) is 5.28. The maximum atomic E-state index is 12.8. The third-order valence-corrected chi connectivity index (χ3v) is 7.02. The van der Waals surface area contributed by atoms with Crippen molar-refractivity contribution in [3.05, 3.63) is 77.6 Å². The fourth-order valence-electron chi connectivity index (χ4n) is 4.41. The first-order chi connectivity index (χ1) is 16.1. The molecule has 0 saturated heterocycles. The normalized spacial score (nSPS) is 15.3. The van der Waals surface area contributed by atoms with Gasteiger partial charge in [0.1, 0.15) is 10.8 Å². The topological polar surface area (TPSA) is 68.5 Å². The number of rotatable bonds is 6. The zero-order valence-electron chi connectivity index (χ0n) is 18.7. The second-order valence-electron chi connectivity index (χ2n) is 8.26. The van der Waals surface area contributed by atoms with E-state index in [0.29, 0.717) is 5.75 Å². The van der Waals surface area contributed by atoms with Crippen LogP contribution in [0.15, 0.2) is 65.8 Å². The molecular formula is C26H26N4O2S. The molecule has 6 nitrogen and oxygen atoms in total. The number of hydrogen-bond donors (Lipinski definition) is 1. The molecule has 2 aromatic carbocycles. The molecule has 0 radical (unpaired) electrons. The lowest BCUT2D eigenvalue weighted by Gasteiger charge is -2.26. The average Bonchev–Trinajstić information content (AvgIpc) is 3.26. The number of benzene rings is 2. The lowest BCUT2D eigenvalue weighted by atomic mass is 9.88. The molecule has 1 unspecified atom stereocenters. The number of ether oxygens (including phenoxy) is 1. The second-order valence-corrected chi connectivity index (χ2v) is 9.25. The predicted molar refractivity (Wildman–Crippen MR) is 131 cm³/mol. The minimum atomic E-state index is 0.0341. The first-order valence-corrected chi connectivity index (χ1v) is 12.1. The summed E-state index contributed by atoms with van der Waals surface area (Å²) in [6.07, 6.45) is 4.99. The molecule has 0 fully saturated rings. The van der Waals surface area contributed by atoms with Gasteiger partial charge in [-0.1, -0.05) is 48.2 Å². The van der Waals surface area contributed by atoms with Gasteiger partial charge in [0.25, 0.3) is 0 Å². The number of hydrogen-bond acceptors (Lipinski definition) is 5. The zero-order chi connectivity index (χ0) is 22.8. The summed E-state index contributed by atoms with van der Waals surface area (Å²) in [4.78, 5) is 17.5. The van der Waals surface area contributed by atoms with Gasteiger partial charge in [0.15, 0.2) is 5.65 Å². The minimum absolute atomic E-state index is 0.0341. The van der Waals surface area contributed by atoms with E-state index in [9.17, 15) is 4.79 Å². The van der Waals surface area contributed by atoms with Gasteiger partial charge in [-0.2, -0.15) is 5.10 Å². The van der Waals surface area contributed by atoms with E-state index >= 15 is 0 Å². The smallest absolute Gasteiger partial charge is 0.230 e. The molecule has 168 valence electrons. The molecule has 0 bridgehead atoms. The van der Waals surface area contributed by atoms with Gasteiger partial charge in [0.2, 0.25) is 5.91 Å². The molecule has 2 heterocycles. The van der Waals surface area contributed by atoms with Crippen molar-refractivity contribution in [2.45, 2.75) is 37.3 Å². The lowest BCUT2D eigenvalue weighted by Crippen LogP contribution is -2.32. The summed E-state index contributed by atoms with van der Waals surface area (Å²) in [7, 11) is 1.65. The number of methoxy groups -OCH3 is 1. The Morgan fingerprint density at radius 1 is 1.21 bits per heavy atom. The minimum Gasteiger partial charge on any atom is -0.497 e. The highest BCUT2D eigenvalue weighted by Crippen LogP contribution is 2.31. The van der Waals surface area contributed by atoms with Crippen molar-refractivity contribution < 1.29 is 9.53 Å². The average molecular weight is 459 g/mol. The first-order valence-electron chi connectivity index (χ1n) is 11.1. The Hall–Kier alpha value is -3.32. The highest BCUT2D eigenvalue weighted by atomic mass is 32.2. The summed E-state index contributed by atoms with van der Waals surface area (Å²) < 4.78 is 7.08. The first kappa shape index (κ1) is 21.5. The Labute approximate surface area is 197 Å². The SMILES string of the molecule is COc1ccc(-c2cnn3c(SCC(=O)NC4CCCc5ccccc54)cc(C)nc23)cc1. The van der Waals surface area contributed by atoms with Crippen molar-refractivity contribution in [3.8, 4) is 16.9 Å². The molecule has 5 rings (SSSR count). The largest absolute Gasteiger partial charge is 0.497 e. The van der Waals surface area contributed by atoms with Crippen LogP contribution in [0.4, 0.5) is 0 Å². The summed E-state index contributed by atoms with van der Waals surface area (Å²) in [5.74, 6) is 1.17. The van der Waals surface area contributed by atoms with Crippen LogP contribution in [0.2, 0.25) is 0 Å². The van der Waals surface area contributed by atoms with Crippen molar-refractivity contribution >= 4 is 23.3 Å². The van der Waals surface area contributed by atoms with Crippen LogP contribution >= 0.6 is 11.8 Å². The van der Waals surface area contributed by atoms with Gasteiger partial charge in [0, 0.05) is 11.3 Å². The van der Waals surface area contributed by atoms with Gasteiger partial charge in [-0.15, -0.1) is 0 Å². The second kappa shape index (κ2) is 9.27. The van der Waals surface area contributed by atoms with E-state index in [1.807, 2.05) is 54.0 Å². The Morgan fingerprint density at radius 2 is 2.03 bits per heavy atom. The van der Waals surface area contributed by atoms with Gasteiger partial charge < -0.3 is 10.1 Å². The van der Waals surface area contributed by atoms with Crippen molar-refractivity contribution in [3.63, 3.8) is 0 Å². The van der Waals surface area contributed by atoms with Crippen molar-refractivity contribution in [1.29, 1.82) is 0 Å². The van der Waals surface area contributed by atoms with E-state index in [1.54, 1.807) is 7.11 Å². The van der Waals surface area contributed by atoms with Crippen LogP contribution in [0.3, 0.4) is 0 Å². The molecule has 1 amide bonds. The number of amides is 1. The zero-order valence-corrected chi connectivity index (χ0v) is 19.6. The molecule has 1 atom stereocenters. The van der Waals surface area contributed by atoms with E-state index < -0.39 is 0 Å². The van der Waals surface area contributed by atoms with Crippen LogP contribution in [0.1, 0.15) is 35.7 Å². The van der Waals surface area contributed by atoms with E-state index in [2.05, 4.69) is 28.6 Å². The van der Waals surface area contributed by atoms with Gasteiger partial charge in [0.05, 0.1) is 25.1 Å². The highest BCUT2D eigenvalue weighted by molar-refractivity contribution is 7.99. The number of fused-ring (bicyclic) bond motifs is 2. The number of aromatic nitrogens is 3. The molecule has 0 saturated carbocycles. The third kappa shape index (κ3) is 4.46. The molecule has 0 aliphatic heterocycles. The molecule has 1 aliphatic rings. The maximum absolute atomic E-state index is 12.8. The molecule has 2 aromatic heterocycles. The van der Waals surface area contributed by atoms with Crippen molar-refractivity contribution in [2.24, 2.45) is 0 Å². The summed E-state index contributed by atoms with van der Waals surface area (Å²) >= 11 is 1.49. The van der Waals surface area contributed by atoms with Crippen LogP contribution < -0.4 is 10.1 Å².